The quantitative estimate of drug-likeness (QED) is 0.352. The number of nitrogens with one attached hydrogen (secondary N) is 2. The number of aromatic nitrogens is 2. The van der Waals surface area contributed by atoms with Crippen LogP contribution in [0.5, 0.6) is 0 Å². The Kier molecular flexibility index (Phi) is 8.99. The lowest BCUT2D eigenvalue weighted by Crippen LogP contribution is -2.40. The topological polar surface area (TPSA) is 143 Å². The molecule has 1 saturated carbocycles. The molecule has 2 saturated heterocycles. The monoisotopic (exact) mass is 636 g/mol. The molecule has 0 bridgehead atoms. The molecular formula is C29H38F2N6O6S. The van der Waals surface area contributed by atoms with Gasteiger partial charge in [0.05, 0.1) is 30.2 Å². The van der Waals surface area contributed by atoms with Crippen molar-refractivity contribution in [2.75, 3.05) is 72.1 Å². The smallest absolute Gasteiger partial charge is 0.323 e. The molecule has 0 radical (unpaired) electrons. The van der Waals surface area contributed by atoms with Crippen LogP contribution < -0.4 is 19.8 Å². The van der Waals surface area contributed by atoms with Gasteiger partial charge in [-0.2, -0.15) is 4.98 Å². The molecule has 240 valence electrons. The van der Waals surface area contributed by atoms with Gasteiger partial charge in [-0.3, -0.25) is 14.3 Å². The fraction of sp³-hybridized carbons (Fsp3) is 0.586. The fourth-order valence-corrected chi connectivity index (χ4v) is 7.02. The molecule has 1 aromatic carbocycles. The van der Waals surface area contributed by atoms with Crippen LogP contribution in [0.3, 0.4) is 0 Å². The van der Waals surface area contributed by atoms with E-state index in [0.29, 0.717) is 42.6 Å². The summed E-state index contributed by atoms with van der Waals surface area (Å²) in [6.07, 6.45) is 1.27. The van der Waals surface area contributed by atoms with Crippen LogP contribution in [0.2, 0.25) is 0 Å². The number of sulfonamides is 1. The van der Waals surface area contributed by atoms with Crippen molar-refractivity contribution >= 4 is 45.0 Å². The third kappa shape index (κ3) is 7.37. The summed E-state index contributed by atoms with van der Waals surface area (Å²) in [5.74, 6) is -4.03. The van der Waals surface area contributed by atoms with Crippen molar-refractivity contribution in [1.29, 1.82) is 0 Å². The maximum absolute atomic E-state index is 13.7. The van der Waals surface area contributed by atoms with E-state index in [9.17, 15) is 26.8 Å². The van der Waals surface area contributed by atoms with E-state index in [4.69, 9.17) is 9.47 Å². The molecule has 5 rings (SSSR count). The highest BCUT2D eigenvalue weighted by Gasteiger charge is 2.56. The van der Waals surface area contributed by atoms with Crippen molar-refractivity contribution in [3.63, 3.8) is 0 Å². The van der Waals surface area contributed by atoms with Crippen LogP contribution in [0.4, 0.5) is 31.9 Å². The Morgan fingerprint density at radius 2 is 1.82 bits per heavy atom. The van der Waals surface area contributed by atoms with Gasteiger partial charge in [-0.05, 0) is 50.8 Å². The minimum absolute atomic E-state index is 0.0598. The number of carbonyl (C=O) groups is 2. The van der Waals surface area contributed by atoms with Gasteiger partial charge in [-0.15, -0.1) is 0 Å². The molecule has 2 aromatic rings. The minimum Gasteiger partial charge on any atom is -0.465 e. The number of aryl methyl sites for hydroxylation is 1. The SMILES string of the molecule is CCOC(=O)CS(=O)(=O)Nc1ccc(C(=O)Nc2cc(C)nc(N3CCC(F)(F)CC3)n2)c(N2CC[C@]3(COC)CC3C2)c1. The molecule has 0 spiro atoms. The van der Waals surface area contributed by atoms with E-state index in [-0.39, 0.29) is 55.4 Å². The number of hydrogen-bond donors (Lipinski definition) is 2. The van der Waals surface area contributed by atoms with Gasteiger partial charge in [0.1, 0.15) is 5.82 Å². The van der Waals surface area contributed by atoms with E-state index in [1.165, 1.54) is 12.1 Å². The number of anilines is 4. The zero-order valence-corrected chi connectivity index (χ0v) is 25.9. The lowest BCUT2D eigenvalue weighted by molar-refractivity contribution is -0.139. The summed E-state index contributed by atoms with van der Waals surface area (Å²) in [7, 11) is -2.38. The first-order valence-corrected chi connectivity index (χ1v) is 16.3. The Morgan fingerprint density at radius 1 is 1.09 bits per heavy atom. The summed E-state index contributed by atoms with van der Waals surface area (Å²) in [4.78, 5) is 38.1. The number of benzene rings is 1. The van der Waals surface area contributed by atoms with Crippen LogP contribution in [0.25, 0.3) is 0 Å². The molecule has 12 nitrogen and oxygen atoms in total. The molecule has 1 aliphatic carbocycles. The molecule has 1 aromatic heterocycles. The summed E-state index contributed by atoms with van der Waals surface area (Å²) in [5.41, 5.74) is 1.72. The van der Waals surface area contributed by atoms with Crippen molar-refractivity contribution in [1.82, 2.24) is 9.97 Å². The number of hydrogen-bond acceptors (Lipinski definition) is 10. The standard InChI is InChI=1S/C29H38F2N6O6S/c1-4-43-25(38)17-44(40,41)35-21-5-6-22(23(14-21)37-10-7-28(18-42-3)15-20(28)16-37)26(39)33-24-13-19(2)32-27(34-24)36-11-8-29(30,31)9-12-36/h5-6,13-14,20,35H,4,7-12,15-18H2,1-3H3,(H,32,33,34,39)/t20?,28-/m1/s1. The van der Waals surface area contributed by atoms with Crippen LogP contribution in [-0.4, -0.2) is 88.4 Å². The molecule has 1 unspecified atom stereocenters. The van der Waals surface area contributed by atoms with Gasteiger partial charge in [0.15, 0.2) is 5.75 Å². The summed E-state index contributed by atoms with van der Waals surface area (Å²) in [6.45, 7) is 5.55. The number of carbonyl (C=O) groups excluding carboxylic acids is 2. The number of nitrogens with zero attached hydrogens (tertiary/aromatic N) is 4. The second-order valence-corrected chi connectivity index (χ2v) is 13.5. The molecule has 44 heavy (non-hydrogen) atoms. The van der Waals surface area contributed by atoms with Gasteiger partial charge in [-0.1, -0.05) is 0 Å². The molecule has 3 fully saturated rings. The molecule has 3 heterocycles. The summed E-state index contributed by atoms with van der Waals surface area (Å²) >= 11 is 0. The van der Waals surface area contributed by atoms with Crippen molar-refractivity contribution in [3.8, 4) is 0 Å². The highest BCUT2D eigenvalue weighted by molar-refractivity contribution is 7.93. The van der Waals surface area contributed by atoms with Gasteiger partial charge < -0.3 is 24.6 Å². The average molecular weight is 637 g/mol. The Balaban J connectivity index is 1.39. The molecule has 3 aliphatic rings. The van der Waals surface area contributed by atoms with Crippen LogP contribution in [0.1, 0.15) is 48.7 Å². The maximum Gasteiger partial charge on any atom is 0.323 e. The van der Waals surface area contributed by atoms with Crippen LogP contribution in [0.15, 0.2) is 24.3 Å². The van der Waals surface area contributed by atoms with Crippen LogP contribution in [0, 0.1) is 18.3 Å². The van der Waals surface area contributed by atoms with E-state index in [2.05, 4.69) is 24.9 Å². The second kappa shape index (κ2) is 12.4. The minimum atomic E-state index is -4.06. The number of rotatable bonds is 11. The molecule has 2 atom stereocenters. The third-order valence-electron chi connectivity index (χ3n) is 8.44. The van der Waals surface area contributed by atoms with Gasteiger partial charge in [0.2, 0.25) is 16.0 Å². The average Bonchev–Trinajstić information content (AvgIpc) is 3.65. The number of ether oxygens (including phenoxy) is 2. The number of fused-ring (bicyclic) bond motifs is 1. The highest BCUT2D eigenvalue weighted by atomic mass is 32.2. The van der Waals surface area contributed by atoms with Crippen molar-refractivity contribution < 1.29 is 36.3 Å². The second-order valence-electron chi connectivity index (χ2n) is 11.8. The largest absolute Gasteiger partial charge is 0.465 e. The lowest BCUT2D eigenvalue weighted by Gasteiger charge is -2.34. The fourth-order valence-electron chi connectivity index (χ4n) is 6.06. The Labute approximate surface area is 255 Å². The highest BCUT2D eigenvalue weighted by Crippen LogP contribution is 2.58. The normalized spacial score (nSPS) is 22.6. The summed E-state index contributed by atoms with van der Waals surface area (Å²) in [5, 5.41) is 2.82. The molecule has 2 N–H and O–H groups in total. The predicted octanol–water partition coefficient (Wildman–Crippen LogP) is 3.44. The van der Waals surface area contributed by atoms with E-state index >= 15 is 0 Å². The molecule has 2 aliphatic heterocycles. The maximum atomic E-state index is 13.7. The first-order valence-electron chi connectivity index (χ1n) is 14.7. The van der Waals surface area contributed by atoms with E-state index < -0.39 is 33.6 Å². The van der Waals surface area contributed by atoms with Crippen molar-refractivity contribution in [2.45, 2.75) is 45.5 Å². The number of halogens is 2. The van der Waals surface area contributed by atoms with Crippen LogP contribution in [-0.2, 0) is 24.3 Å². The number of alkyl halides is 2. The lowest BCUT2D eigenvalue weighted by atomic mass is 9.95. The molecule has 1 amide bonds. The Morgan fingerprint density at radius 3 is 2.50 bits per heavy atom. The summed E-state index contributed by atoms with van der Waals surface area (Å²) < 4.78 is 65.4. The predicted molar refractivity (Wildman–Crippen MR) is 161 cm³/mol. The van der Waals surface area contributed by atoms with Crippen LogP contribution >= 0.6 is 0 Å². The van der Waals surface area contributed by atoms with Crippen molar-refractivity contribution in [3.05, 3.63) is 35.5 Å². The van der Waals surface area contributed by atoms with Gasteiger partial charge in [0, 0.05) is 63.3 Å². The Bertz CT molecular complexity index is 1520. The Hall–Kier alpha value is -3.59. The van der Waals surface area contributed by atoms with Crippen molar-refractivity contribution in [2.24, 2.45) is 11.3 Å². The number of amides is 1. The molecule has 15 heteroatoms. The first kappa shape index (κ1) is 31.8. The molecular weight excluding hydrogens is 598 g/mol. The van der Waals surface area contributed by atoms with Gasteiger partial charge in [0.25, 0.3) is 11.8 Å². The van der Waals surface area contributed by atoms with E-state index in [0.717, 1.165) is 12.8 Å². The van der Waals surface area contributed by atoms with E-state index in [1.54, 1.807) is 38.0 Å². The zero-order chi connectivity index (χ0) is 31.7. The summed E-state index contributed by atoms with van der Waals surface area (Å²) in [6, 6.07) is 6.18. The van der Waals surface area contributed by atoms with E-state index in [1.807, 2.05) is 0 Å². The zero-order valence-electron chi connectivity index (χ0n) is 25.1. The third-order valence-corrected chi connectivity index (χ3v) is 9.60. The number of esters is 1. The first-order chi connectivity index (χ1) is 20.8. The number of piperidine rings is 2. The van der Waals surface area contributed by atoms with Gasteiger partial charge >= 0.3 is 5.97 Å². The number of methoxy groups -OCH3 is 1. The van der Waals surface area contributed by atoms with Gasteiger partial charge in [-0.25, -0.2) is 22.2 Å².